The number of hydrogen-bond acceptors (Lipinski definition) is 1. The number of nitrogens with two attached hydrogens (primary N) is 1. The van der Waals surface area contributed by atoms with Gasteiger partial charge in [-0.1, -0.05) is 25.5 Å². The third kappa shape index (κ3) is 1.66. The molecular weight excluding hydrogens is 172 g/mol. The normalized spacial score (nSPS) is 13.3. The lowest BCUT2D eigenvalue weighted by atomic mass is 10.0. The van der Waals surface area contributed by atoms with Crippen molar-refractivity contribution in [2.45, 2.75) is 25.8 Å². The number of benzene rings is 1. The molecule has 0 fully saturated rings. The first-order valence-corrected chi connectivity index (χ1v) is 5.14. The Hall–Kier alpha value is -1.28. The molecule has 2 aromatic rings. The minimum atomic E-state index is 0.174. The summed E-state index contributed by atoms with van der Waals surface area (Å²) >= 11 is 0. The zero-order chi connectivity index (χ0) is 9.97. The van der Waals surface area contributed by atoms with E-state index >= 15 is 0 Å². The molecule has 1 atom stereocenters. The molecule has 0 amide bonds. The Morgan fingerprint density at radius 2 is 2.21 bits per heavy atom. The van der Waals surface area contributed by atoms with Crippen molar-refractivity contribution >= 4 is 10.9 Å². The summed E-state index contributed by atoms with van der Waals surface area (Å²) in [6.45, 7) is 2.16. The fraction of sp³-hybridized carbons (Fsp3) is 0.333. The first kappa shape index (κ1) is 9.28. The Kier molecular flexibility index (Phi) is 2.55. The lowest BCUT2D eigenvalue weighted by Gasteiger charge is -2.10. The van der Waals surface area contributed by atoms with Gasteiger partial charge < -0.3 is 10.7 Å². The van der Waals surface area contributed by atoms with Gasteiger partial charge in [0, 0.05) is 17.8 Å². The van der Waals surface area contributed by atoms with Crippen LogP contribution in [-0.4, -0.2) is 4.98 Å². The van der Waals surface area contributed by atoms with E-state index in [1.54, 1.807) is 0 Å². The van der Waals surface area contributed by atoms with Crippen LogP contribution in [-0.2, 0) is 0 Å². The van der Waals surface area contributed by atoms with Gasteiger partial charge in [-0.2, -0.15) is 0 Å². The van der Waals surface area contributed by atoms with Gasteiger partial charge in [-0.25, -0.2) is 0 Å². The Labute approximate surface area is 84.1 Å². The number of hydrogen-bond donors (Lipinski definition) is 2. The van der Waals surface area contributed by atoms with Gasteiger partial charge in [0.1, 0.15) is 0 Å². The third-order valence-corrected chi connectivity index (χ3v) is 2.61. The number of nitrogens with one attached hydrogen (secondary N) is 1. The van der Waals surface area contributed by atoms with Gasteiger partial charge in [0.15, 0.2) is 0 Å². The quantitative estimate of drug-likeness (QED) is 0.764. The monoisotopic (exact) mass is 188 g/mol. The van der Waals surface area contributed by atoms with Crippen LogP contribution in [0.2, 0.25) is 0 Å². The maximum Gasteiger partial charge on any atom is 0.0457 e. The van der Waals surface area contributed by atoms with E-state index in [0.717, 1.165) is 12.8 Å². The highest BCUT2D eigenvalue weighted by molar-refractivity contribution is 5.79. The second kappa shape index (κ2) is 3.84. The van der Waals surface area contributed by atoms with Gasteiger partial charge in [-0.3, -0.25) is 0 Å². The average Bonchev–Trinajstić information content (AvgIpc) is 2.64. The number of aromatic amines is 1. The molecule has 0 radical (unpaired) electrons. The number of aromatic nitrogens is 1. The van der Waals surface area contributed by atoms with E-state index < -0.39 is 0 Å². The fourth-order valence-corrected chi connectivity index (χ4v) is 1.77. The summed E-state index contributed by atoms with van der Waals surface area (Å²) in [6, 6.07) is 8.64. The van der Waals surface area contributed by atoms with Crippen LogP contribution in [0.25, 0.3) is 10.9 Å². The lowest BCUT2D eigenvalue weighted by molar-refractivity contribution is 0.639. The predicted octanol–water partition coefficient (Wildman–Crippen LogP) is 2.97. The molecular formula is C12H16N2. The van der Waals surface area contributed by atoms with Crippen molar-refractivity contribution in [3.63, 3.8) is 0 Å². The Morgan fingerprint density at radius 3 is 3.00 bits per heavy atom. The zero-order valence-electron chi connectivity index (χ0n) is 8.46. The molecule has 0 aliphatic carbocycles. The summed E-state index contributed by atoms with van der Waals surface area (Å²) in [5, 5.41) is 1.25. The standard InChI is InChI=1S/C12H16N2/c1-2-3-11(13)10-5-4-9-6-7-14-12(9)8-10/h4-8,11,14H,2-3,13H2,1H3/t11-/m1/s1. The van der Waals surface area contributed by atoms with E-state index in [9.17, 15) is 0 Å². The van der Waals surface area contributed by atoms with Crippen LogP contribution in [0.5, 0.6) is 0 Å². The highest BCUT2D eigenvalue weighted by atomic mass is 14.7. The molecule has 0 saturated heterocycles. The van der Waals surface area contributed by atoms with Gasteiger partial charge in [0.25, 0.3) is 0 Å². The molecule has 1 heterocycles. The van der Waals surface area contributed by atoms with Crippen molar-refractivity contribution in [3.8, 4) is 0 Å². The van der Waals surface area contributed by atoms with Crippen molar-refractivity contribution in [1.82, 2.24) is 4.98 Å². The molecule has 0 aliphatic rings. The van der Waals surface area contributed by atoms with Crippen LogP contribution in [0.4, 0.5) is 0 Å². The zero-order valence-corrected chi connectivity index (χ0v) is 8.46. The topological polar surface area (TPSA) is 41.8 Å². The first-order chi connectivity index (χ1) is 6.81. The molecule has 0 spiro atoms. The summed E-state index contributed by atoms with van der Waals surface area (Å²) in [4.78, 5) is 3.20. The third-order valence-electron chi connectivity index (χ3n) is 2.61. The Morgan fingerprint density at radius 1 is 1.36 bits per heavy atom. The number of rotatable bonds is 3. The molecule has 74 valence electrons. The molecule has 1 aromatic carbocycles. The minimum Gasteiger partial charge on any atom is -0.361 e. The van der Waals surface area contributed by atoms with E-state index in [0.29, 0.717) is 0 Å². The predicted molar refractivity (Wildman–Crippen MR) is 60.1 cm³/mol. The summed E-state index contributed by atoms with van der Waals surface area (Å²) in [6.07, 6.45) is 4.13. The van der Waals surface area contributed by atoms with E-state index in [2.05, 4.69) is 36.2 Å². The fourth-order valence-electron chi connectivity index (χ4n) is 1.77. The van der Waals surface area contributed by atoms with Crippen LogP contribution in [0.1, 0.15) is 31.4 Å². The highest BCUT2D eigenvalue weighted by Gasteiger charge is 2.05. The molecule has 3 N–H and O–H groups in total. The molecule has 1 aromatic heterocycles. The van der Waals surface area contributed by atoms with Crippen LogP contribution in [0.3, 0.4) is 0 Å². The smallest absolute Gasteiger partial charge is 0.0457 e. The summed E-state index contributed by atoms with van der Waals surface area (Å²) in [5.41, 5.74) is 8.45. The molecule has 14 heavy (non-hydrogen) atoms. The van der Waals surface area contributed by atoms with E-state index in [-0.39, 0.29) is 6.04 Å². The van der Waals surface area contributed by atoms with Crippen LogP contribution >= 0.6 is 0 Å². The van der Waals surface area contributed by atoms with Gasteiger partial charge in [0.2, 0.25) is 0 Å². The maximum atomic E-state index is 6.05. The van der Waals surface area contributed by atoms with Crippen LogP contribution < -0.4 is 5.73 Å². The van der Waals surface area contributed by atoms with Crippen LogP contribution in [0.15, 0.2) is 30.5 Å². The lowest BCUT2D eigenvalue weighted by Crippen LogP contribution is -2.09. The summed E-state index contributed by atoms with van der Waals surface area (Å²) in [7, 11) is 0. The van der Waals surface area contributed by atoms with E-state index in [1.807, 2.05) is 6.20 Å². The van der Waals surface area contributed by atoms with Gasteiger partial charge >= 0.3 is 0 Å². The first-order valence-electron chi connectivity index (χ1n) is 5.14. The molecule has 0 bridgehead atoms. The van der Waals surface area contributed by atoms with Crippen LogP contribution in [0, 0.1) is 0 Å². The largest absolute Gasteiger partial charge is 0.361 e. The number of fused-ring (bicyclic) bond motifs is 1. The van der Waals surface area contributed by atoms with Crippen molar-refractivity contribution in [2.75, 3.05) is 0 Å². The highest BCUT2D eigenvalue weighted by Crippen LogP contribution is 2.20. The maximum absolute atomic E-state index is 6.05. The Balaban J connectivity index is 2.33. The van der Waals surface area contributed by atoms with E-state index in [4.69, 9.17) is 5.73 Å². The van der Waals surface area contributed by atoms with Gasteiger partial charge in [0.05, 0.1) is 0 Å². The molecule has 2 rings (SSSR count). The number of H-pyrrole nitrogens is 1. The Bertz CT molecular complexity index is 417. The summed E-state index contributed by atoms with van der Waals surface area (Å²) < 4.78 is 0. The van der Waals surface area contributed by atoms with Crippen molar-refractivity contribution in [2.24, 2.45) is 5.73 Å². The molecule has 0 aliphatic heterocycles. The second-order valence-electron chi connectivity index (χ2n) is 3.72. The molecule has 0 saturated carbocycles. The SMILES string of the molecule is CCC[C@@H](N)c1ccc2cc[nH]c2c1. The molecule has 2 heteroatoms. The van der Waals surface area contributed by atoms with Crippen molar-refractivity contribution < 1.29 is 0 Å². The summed E-state index contributed by atoms with van der Waals surface area (Å²) in [5.74, 6) is 0. The van der Waals surface area contributed by atoms with E-state index in [1.165, 1.54) is 16.5 Å². The average molecular weight is 188 g/mol. The van der Waals surface area contributed by atoms with Gasteiger partial charge in [-0.05, 0) is 29.5 Å². The van der Waals surface area contributed by atoms with Crippen molar-refractivity contribution in [3.05, 3.63) is 36.0 Å². The molecule has 0 unspecified atom stereocenters. The van der Waals surface area contributed by atoms with Crippen molar-refractivity contribution in [1.29, 1.82) is 0 Å². The molecule has 2 nitrogen and oxygen atoms in total. The second-order valence-corrected chi connectivity index (χ2v) is 3.72. The van der Waals surface area contributed by atoms with Gasteiger partial charge in [-0.15, -0.1) is 0 Å². The minimum absolute atomic E-state index is 0.174.